The highest BCUT2D eigenvalue weighted by Gasteiger charge is 2.22. The summed E-state index contributed by atoms with van der Waals surface area (Å²) in [5, 5.41) is 51.8. The van der Waals surface area contributed by atoms with Gasteiger partial charge >= 0.3 is 5.97 Å². The fourth-order valence-electron chi connectivity index (χ4n) is 3.56. The summed E-state index contributed by atoms with van der Waals surface area (Å²) in [7, 11) is 0. The number of phenols is 1. The first kappa shape index (κ1) is 25.1. The van der Waals surface area contributed by atoms with Gasteiger partial charge in [0.05, 0.1) is 34.5 Å². The summed E-state index contributed by atoms with van der Waals surface area (Å²) in [5.74, 6) is -3.12. The van der Waals surface area contributed by atoms with Crippen molar-refractivity contribution in [2.45, 2.75) is 13.8 Å². The zero-order chi connectivity index (χ0) is 26.6. The van der Waals surface area contributed by atoms with E-state index in [1.165, 1.54) is 25.1 Å². The number of benzene rings is 3. The predicted molar refractivity (Wildman–Crippen MR) is 131 cm³/mol. The number of carboxylic acid groups (broad SMARTS) is 1. The molecule has 0 spiro atoms. The van der Waals surface area contributed by atoms with Crippen LogP contribution in [0, 0.1) is 35.0 Å². The summed E-state index contributed by atoms with van der Waals surface area (Å²) >= 11 is 0. The van der Waals surface area contributed by atoms with Gasteiger partial charge in [-0.1, -0.05) is 6.07 Å². The third-order valence-corrected chi connectivity index (χ3v) is 5.22. The second kappa shape index (κ2) is 10.2. The van der Waals surface area contributed by atoms with E-state index in [0.717, 1.165) is 12.1 Å². The summed E-state index contributed by atoms with van der Waals surface area (Å²) in [4.78, 5) is 35.7. The van der Waals surface area contributed by atoms with Crippen molar-refractivity contribution in [3.63, 3.8) is 0 Å². The number of nitrogens with zero attached hydrogens (tertiary/aromatic N) is 2. The number of hydrogen-bond acceptors (Lipinski definition) is 7. The van der Waals surface area contributed by atoms with Gasteiger partial charge in [0.15, 0.2) is 0 Å². The van der Waals surface area contributed by atoms with Gasteiger partial charge in [0.1, 0.15) is 11.5 Å². The van der Waals surface area contributed by atoms with Gasteiger partial charge in [0, 0.05) is 23.7 Å². The van der Waals surface area contributed by atoms with Crippen molar-refractivity contribution in [1.29, 1.82) is 15.9 Å². The third kappa shape index (κ3) is 5.19. The largest absolute Gasteiger partial charge is 0.507 e. The fourth-order valence-corrected chi connectivity index (χ4v) is 3.56. The smallest absolute Gasteiger partial charge is 0.337 e. The van der Waals surface area contributed by atoms with Crippen LogP contribution in [0.5, 0.6) is 5.75 Å². The highest BCUT2D eigenvalue weighted by Crippen LogP contribution is 2.33. The Morgan fingerprint density at radius 2 is 1.64 bits per heavy atom. The maximum atomic E-state index is 12.8. The molecule has 0 saturated carbocycles. The van der Waals surface area contributed by atoms with Crippen molar-refractivity contribution in [2.75, 3.05) is 10.6 Å². The minimum Gasteiger partial charge on any atom is -0.507 e. The SMILES string of the molecule is CC(=O)Nc1ccc(-c2cc(C(=N)C(=O)Nc3ccc(C#N)cc3C(=O)O)c(O)cc2C#N)c(C)c1. The zero-order valence-corrected chi connectivity index (χ0v) is 19.1. The lowest BCUT2D eigenvalue weighted by Crippen LogP contribution is -2.24. The number of carbonyl (C=O) groups is 3. The van der Waals surface area contributed by atoms with E-state index in [4.69, 9.17) is 10.7 Å². The topological polar surface area (TPSA) is 187 Å². The van der Waals surface area contributed by atoms with E-state index in [1.54, 1.807) is 25.1 Å². The molecule has 0 unspecified atom stereocenters. The molecule has 0 aliphatic heterocycles. The first-order valence-electron chi connectivity index (χ1n) is 10.4. The number of aromatic carboxylic acids is 1. The Morgan fingerprint density at radius 3 is 2.22 bits per heavy atom. The first-order valence-corrected chi connectivity index (χ1v) is 10.4. The third-order valence-electron chi connectivity index (χ3n) is 5.22. The number of amides is 2. The number of aromatic hydroxyl groups is 1. The van der Waals surface area contributed by atoms with Crippen LogP contribution in [-0.2, 0) is 9.59 Å². The second-order valence-electron chi connectivity index (χ2n) is 7.74. The molecular weight excluding hydrogens is 462 g/mol. The number of nitrogens with one attached hydrogen (secondary N) is 3. The van der Waals surface area contributed by atoms with Crippen molar-refractivity contribution in [3.8, 4) is 29.0 Å². The molecular formula is C26H19N5O5. The van der Waals surface area contributed by atoms with Gasteiger partial charge in [0.25, 0.3) is 5.91 Å². The molecule has 36 heavy (non-hydrogen) atoms. The average Bonchev–Trinajstić information content (AvgIpc) is 2.83. The molecule has 0 radical (unpaired) electrons. The van der Waals surface area contributed by atoms with Crippen LogP contribution in [-0.4, -0.2) is 33.7 Å². The van der Waals surface area contributed by atoms with E-state index < -0.39 is 23.3 Å². The zero-order valence-electron chi connectivity index (χ0n) is 19.1. The number of hydrogen-bond donors (Lipinski definition) is 5. The number of carboxylic acids is 1. The van der Waals surface area contributed by atoms with Gasteiger partial charge in [-0.3, -0.25) is 15.0 Å². The number of aryl methyl sites for hydroxylation is 1. The number of anilines is 2. The molecule has 0 fully saturated rings. The van der Waals surface area contributed by atoms with Gasteiger partial charge in [0.2, 0.25) is 5.91 Å². The maximum Gasteiger partial charge on any atom is 0.337 e. The van der Waals surface area contributed by atoms with Crippen LogP contribution >= 0.6 is 0 Å². The molecule has 3 aromatic rings. The summed E-state index contributed by atoms with van der Waals surface area (Å²) in [6.45, 7) is 3.13. The molecule has 0 aromatic heterocycles. The van der Waals surface area contributed by atoms with Crippen molar-refractivity contribution in [2.24, 2.45) is 0 Å². The van der Waals surface area contributed by atoms with Crippen LogP contribution in [0.3, 0.4) is 0 Å². The van der Waals surface area contributed by atoms with Crippen LogP contribution in [0.15, 0.2) is 48.5 Å². The van der Waals surface area contributed by atoms with Gasteiger partial charge in [-0.2, -0.15) is 10.5 Å². The van der Waals surface area contributed by atoms with Crippen molar-refractivity contribution < 1.29 is 24.6 Å². The van der Waals surface area contributed by atoms with E-state index in [1.807, 2.05) is 12.1 Å². The first-order chi connectivity index (χ1) is 17.0. The molecule has 0 heterocycles. The van der Waals surface area contributed by atoms with Gasteiger partial charge < -0.3 is 20.8 Å². The standard InChI is InChI=1S/C26H19N5O5/c1-13-7-17(30-14(2)32)4-5-18(13)19-10-21(23(33)9-16(19)12-28)24(29)25(34)31-22-6-3-15(11-27)8-20(22)26(35)36/h3-10,29,33H,1-2H3,(H,30,32)(H,31,34)(H,35,36). The Kier molecular flexibility index (Phi) is 7.13. The summed E-state index contributed by atoms with van der Waals surface area (Å²) in [6.07, 6.45) is 0. The molecule has 3 aromatic carbocycles. The lowest BCUT2D eigenvalue weighted by Gasteiger charge is -2.15. The summed E-state index contributed by atoms with van der Waals surface area (Å²) in [5.41, 5.74) is 1.01. The van der Waals surface area contributed by atoms with E-state index in [9.17, 15) is 29.9 Å². The molecule has 178 valence electrons. The van der Waals surface area contributed by atoms with Crippen LogP contribution in [0.4, 0.5) is 11.4 Å². The minimum atomic E-state index is -1.38. The second-order valence-corrected chi connectivity index (χ2v) is 7.74. The molecule has 0 aliphatic rings. The molecule has 0 saturated heterocycles. The predicted octanol–water partition coefficient (Wildman–Crippen LogP) is 3.77. The lowest BCUT2D eigenvalue weighted by molar-refractivity contribution is -0.114. The van der Waals surface area contributed by atoms with E-state index in [0.29, 0.717) is 22.4 Å². The van der Waals surface area contributed by atoms with E-state index in [2.05, 4.69) is 10.6 Å². The number of phenolic OH excluding ortho intramolecular Hbond substituents is 1. The number of rotatable bonds is 6. The monoisotopic (exact) mass is 481 g/mol. The fraction of sp³-hybridized carbons (Fsp3) is 0.0769. The summed E-state index contributed by atoms with van der Waals surface area (Å²) in [6, 6.07) is 14.9. The van der Waals surface area contributed by atoms with E-state index >= 15 is 0 Å². The Morgan fingerprint density at radius 1 is 0.917 bits per heavy atom. The normalized spacial score (nSPS) is 10.0. The molecule has 10 nitrogen and oxygen atoms in total. The van der Waals surface area contributed by atoms with Crippen molar-refractivity contribution in [1.82, 2.24) is 0 Å². The lowest BCUT2D eigenvalue weighted by atomic mass is 9.92. The molecule has 0 bridgehead atoms. The molecule has 0 aliphatic carbocycles. The highest BCUT2D eigenvalue weighted by molar-refractivity contribution is 6.48. The van der Waals surface area contributed by atoms with Crippen LogP contribution < -0.4 is 10.6 Å². The van der Waals surface area contributed by atoms with Crippen molar-refractivity contribution >= 4 is 34.9 Å². The Hall–Kier alpha value is -5.48. The average molecular weight is 481 g/mol. The van der Waals surface area contributed by atoms with Crippen LogP contribution in [0.2, 0.25) is 0 Å². The number of carbonyl (C=O) groups excluding carboxylic acids is 2. The molecule has 2 amide bonds. The minimum absolute atomic E-state index is 0.0785. The Bertz CT molecular complexity index is 1530. The Balaban J connectivity index is 2.01. The maximum absolute atomic E-state index is 12.8. The summed E-state index contributed by atoms with van der Waals surface area (Å²) < 4.78 is 0. The van der Waals surface area contributed by atoms with Crippen molar-refractivity contribution in [3.05, 3.63) is 76.3 Å². The van der Waals surface area contributed by atoms with Gasteiger partial charge in [-0.25, -0.2) is 4.79 Å². The number of nitriles is 2. The Labute approximate surface area is 205 Å². The van der Waals surface area contributed by atoms with E-state index in [-0.39, 0.29) is 33.8 Å². The molecule has 5 N–H and O–H groups in total. The quantitative estimate of drug-likeness (QED) is 0.331. The van der Waals surface area contributed by atoms with Gasteiger partial charge in [-0.15, -0.1) is 0 Å². The van der Waals surface area contributed by atoms with Gasteiger partial charge in [-0.05, 0) is 60.5 Å². The molecule has 0 atom stereocenters. The van der Waals surface area contributed by atoms with Crippen LogP contribution in [0.1, 0.15) is 39.5 Å². The molecule has 10 heteroatoms. The molecule has 3 rings (SSSR count). The van der Waals surface area contributed by atoms with Crippen LogP contribution in [0.25, 0.3) is 11.1 Å². The highest BCUT2D eigenvalue weighted by atomic mass is 16.4.